The summed E-state index contributed by atoms with van der Waals surface area (Å²) in [6, 6.07) is 3.13. The van der Waals surface area contributed by atoms with Crippen molar-refractivity contribution in [2.75, 3.05) is 42.8 Å². The number of carbonyl (C=O) groups excluding carboxylic acids is 1. The molecule has 2 N–H and O–H groups in total. The number of anilines is 3. The van der Waals surface area contributed by atoms with Gasteiger partial charge in [0.05, 0.1) is 22.6 Å². The van der Waals surface area contributed by atoms with Crippen molar-refractivity contribution < 1.29 is 9.18 Å². The van der Waals surface area contributed by atoms with Crippen molar-refractivity contribution in [1.29, 1.82) is 0 Å². The van der Waals surface area contributed by atoms with Gasteiger partial charge in [0.15, 0.2) is 5.13 Å². The second kappa shape index (κ2) is 7.59. The van der Waals surface area contributed by atoms with Crippen LogP contribution in [-0.2, 0) is 0 Å². The Kier molecular flexibility index (Phi) is 5.43. The van der Waals surface area contributed by atoms with E-state index in [0.29, 0.717) is 22.1 Å². The van der Waals surface area contributed by atoms with Crippen molar-refractivity contribution in [3.8, 4) is 0 Å². The number of halogens is 1. The fourth-order valence-corrected chi connectivity index (χ4v) is 3.86. The summed E-state index contributed by atoms with van der Waals surface area (Å²) >= 11 is 1.42. The van der Waals surface area contributed by atoms with E-state index in [2.05, 4.69) is 15.7 Å². The lowest BCUT2D eigenvalue weighted by Crippen LogP contribution is -2.25. The molecule has 1 aliphatic rings. The Morgan fingerprint density at radius 1 is 1.27 bits per heavy atom. The molecule has 2 aromatic rings. The number of hydrogen-bond acceptors (Lipinski definition) is 6. The molecule has 0 saturated carbocycles. The van der Waals surface area contributed by atoms with Crippen LogP contribution >= 0.6 is 11.3 Å². The molecule has 1 saturated heterocycles. The van der Waals surface area contributed by atoms with Crippen LogP contribution in [0.2, 0.25) is 0 Å². The molecule has 26 heavy (non-hydrogen) atoms. The van der Waals surface area contributed by atoms with Crippen molar-refractivity contribution in [2.45, 2.75) is 26.7 Å². The van der Waals surface area contributed by atoms with Crippen LogP contribution in [0.4, 0.5) is 20.9 Å². The van der Waals surface area contributed by atoms with Crippen LogP contribution < -0.4 is 15.6 Å². The molecule has 1 fully saturated rings. The number of nitrogens with one attached hydrogen (secondary N) is 2. The summed E-state index contributed by atoms with van der Waals surface area (Å²) < 4.78 is 14.9. The average Bonchev–Trinajstić information content (AvgIpc) is 3.16. The van der Waals surface area contributed by atoms with Crippen LogP contribution in [-0.4, -0.2) is 43.1 Å². The molecule has 2 heterocycles. The monoisotopic (exact) mass is 377 g/mol. The number of amides is 1. The molecule has 0 bridgehead atoms. The highest BCUT2D eigenvalue weighted by Gasteiger charge is 2.25. The zero-order valence-electron chi connectivity index (χ0n) is 15.5. The summed E-state index contributed by atoms with van der Waals surface area (Å²) in [6.07, 6.45) is 2.01. The Labute approximate surface area is 157 Å². The summed E-state index contributed by atoms with van der Waals surface area (Å²) in [5.74, 6) is -0.739. The van der Waals surface area contributed by atoms with Crippen LogP contribution in [0.1, 0.15) is 33.8 Å². The first kappa shape index (κ1) is 18.6. The standard InChI is InChI=1S/C18H24FN5OS/c1-11-12(2)26-18(20-11)21-17(25)14-9-13(22-23(3)4)10-15(19)16(14)24-7-5-6-8-24/h9-10,22H,5-8H2,1-4H3,(H,20,21,25). The molecule has 0 unspecified atom stereocenters. The summed E-state index contributed by atoms with van der Waals surface area (Å²) in [5.41, 5.74) is 5.13. The maximum absolute atomic E-state index is 14.9. The molecule has 1 aliphatic heterocycles. The number of aryl methyl sites for hydroxylation is 2. The molecule has 0 spiro atoms. The highest BCUT2D eigenvalue weighted by Crippen LogP contribution is 2.32. The minimum atomic E-state index is -0.393. The zero-order chi connectivity index (χ0) is 18.8. The first-order valence-corrected chi connectivity index (χ1v) is 9.44. The van der Waals surface area contributed by atoms with E-state index in [1.807, 2.05) is 32.8 Å². The van der Waals surface area contributed by atoms with E-state index < -0.39 is 5.82 Å². The number of carbonyl (C=O) groups is 1. The lowest BCUT2D eigenvalue weighted by atomic mass is 10.1. The predicted molar refractivity (Wildman–Crippen MR) is 105 cm³/mol. The molecule has 0 atom stereocenters. The van der Waals surface area contributed by atoms with E-state index in [1.165, 1.54) is 17.4 Å². The third-order valence-corrected chi connectivity index (χ3v) is 5.32. The molecular weight excluding hydrogens is 353 g/mol. The Balaban J connectivity index is 1.97. The Morgan fingerprint density at radius 2 is 1.96 bits per heavy atom. The summed E-state index contributed by atoms with van der Waals surface area (Å²) in [7, 11) is 3.63. The van der Waals surface area contributed by atoms with Crippen molar-refractivity contribution in [3.63, 3.8) is 0 Å². The lowest BCUT2D eigenvalue weighted by molar-refractivity contribution is 0.102. The Bertz CT molecular complexity index is 795. The number of nitrogens with zero attached hydrogens (tertiary/aromatic N) is 3. The largest absolute Gasteiger partial charge is 0.369 e. The van der Waals surface area contributed by atoms with Crippen molar-refractivity contribution >= 4 is 33.8 Å². The topological polar surface area (TPSA) is 60.5 Å². The quantitative estimate of drug-likeness (QED) is 0.779. The van der Waals surface area contributed by atoms with Crippen molar-refractivity contribution in [2.24, 2.45) is 0 Å². The van der Waals surface area contributed by atoms with Crippen LogP contribution in [0.15, 0.2) is 12.1 Å². The number of rotatable bonds is 5. The van der Waals surface area contributed by atoms with Gasteiger partial charge in [-0.15, -0.1) is 11.3 Å². The molecule has 140 valence electrons. The number of thiazole rings is 1. The van der Waals surface area contributed by atoms with Crippen molar-refractivity contribution in [3.05, 3.63) is 34.1 Å². The number of hydrazine groups is 1. The number of hydrogen-bond donors (Lipinski definition) is 2. The second-order valence-electron chi connectivity index (χ2n) is 6.67. The van der Waals surface area contributed by atoms with E-state index in [0.717, 1.165) is 36.5 Å². The van der Waals surface area contributed by atoms with Gasteiger partial charge in [-0.1, -0.05) is 0 Å². The molecule has 8 heteroatoms. The molecule has 1 aromatic carbocycles. The van der Waals surface area contributed by atoms with Gasteiger partial charge in [-0.2, -0.15) is 0 Å². The predicted octanol–water partition coefficient (Wildman–Crippen LogP) is 3.64. The third kappa shape index (κ3) is 3.96. The summed E-state index contributed by atoms with van der Waals surface area (Å²) in [6.45, 7) is 5.37. The van der Waals surface area contributed by atoms with E-state index in [4.69, 9.17) is 0 Å². The van der Waals surface area contributed by atoms with Gasteiger partial charge in [-0.05, 0) is 32.8 Å². The van der Waals surface area contributed by atoms with Gasteiger partial charge < -0.3 is 10.3 Å². The molecule has 0 radical (unpaired) electrons. The zero-order valence-corrected chi connectivity index (χ0v) is 16.3. The Morgan fingerprint density at radius 3 is 2.54 bits per heavy atom. The fourth-order valence-electron chi connectivity index (χ4n) is 3.05. The Hall–Kier alpha value is -2.19. The van der Waals surface area contributed by atoms with Crippen LogP contribution in [0.5, 0.6) is 0 Å². The molecule has 1 amide bonds. The van der Waals surface area contributed by atoms with Crippen LogP contribution in [0.3, 0.4) is 0 Å². The maximum atomic E-state index is 14.9. The normalized spacial score (nSPS) is 14.2. The minimum absolute atomic E-state index is 0.321. The molecule has 0 aliphatic carbocycles. The van der Waals surface area contributed by atoms with E-state index in [-0.39, 0.29) is 5.91 Å². The van der Waals surface area contributed by atoms with E-state index >= 15 is 0 Å². The SMILES string of the molecule is Cc1nc(NC(=O)c2cc(NN(C)C)cc(F)c2N2CCCC2)sc1C. The maximum Gasteiger partial charge on any atom is 0.259 e. The highest BCUT2D eigenvalue weighted by molar-refractivity contribution is 7.15. The number of aromatic nitrogens is 1. The minimum Gasteiger partial charge on any atom is -0.369 e. The molecule has 6 nitrogen and oxygen atoms in total. The van der Waals surface area contributed by atoms with Gasteiger partial charge in [0, 0.05) is 38.1 Å². The molecule has 1 aromatic heterocycles. The van der Waals surface area contributed by atoms with E-state index in [1.54, 1.807) is 11.1 Å². The van der Waals surface area contributed by atoms with Gasteiger partial charge in [0.25, 0.3) is 5.91 Å². The van der Waals surface area contributed by atoms with E-state index in [9.17, 15) is 9.18 Å². The molecule has 3 rings (SSSR count). The van der Waals surface area contributed by atoms with Gasteiger partial charge in [-0.3, -0.25) is 10.1 Å². The summed E-state index contributed by atoms with van der Waals surface area (Å²) in [5, 5.41) is 5.06. The smallest absolute Gasteiger partial charge is 0.259 e. The van der Waals surface area contributed by atoms with Gasteiger partial charge in [0.1, 0.15) is 5.82 Å². The lowest BCUT2D eigenvalue weighted by Gasteiger charge is -2.23. The van der Waals surface area contributed by atoms with Crippen LogP contribution in [0.25, 0.3) is 0 Å². The van der Waals surface area contributed by atoms with Crippen LogP contribution in [0, 0.1) is 19.7 Å². The van der Waals surface area contributed by atoms with Crippen molar-refractivity contribution in [1.82, 2.24) is 9.99 Å². The first-order chi connectivity index (χ1) is 12.3. The van der Waals surface area contributed by atoms with Gasteiger partial charge in [0.2, 0.25) is 0 Å². The second-order valence-corrected chi connectivity index (χ2v) is 7.87. The summed E-state index contributed by atoms with van der Waals surface area (Å²) in [4.78, 5) is 20.3. The van der Waals surface area contributed by atoms with Gasteiger partial charge >= 0.3 is 0 Å². The first-order valence-electron chi connectivity index (χ1n) is 8.63. The number of benzene rings is 1. The highest BCUT2D eigenvalue weighted by atomic mass is 32.1. The van der Waals surface area contributed by atoms with Gasteiger partial charge in [-0.25, -0.2) is 14.4 Å². The average molecular weight is 377 g/mol. The molecular formula is C18H24FN5OS. The fraction of sp³-hybridized carbons (Fsp3) is 0.444. The third-order valence-electron chi connectivity index (χ3n) is 4.33.